The molecule has 0 spiro atoms. The second-order valence-electron chi connectivity index (χ2n) is 15.7. The number of likely N-dealkylation sites (tertiary alicyclic amines) is 1. The van der Waals surface area contributed by atoms with Crippen molar-refractivity contribution in [3.63, 3.8) is 0 Å². The van der Waals surface area contributed by atoms with Gasteiger partial charge in [0.2, 0.25) is 5.91 Å². The van der Waals surface area contributed by atoms with E-state index in [1.165, 1.54) is 31.2 Å². The average molecular weight is 724 g/mol. The minimum Gasteiger partial charge on any atom is -0.481 e. The number of hydrogen-bond acceptors (Lipinski definition) is 4. The Morgan fingerprint density at radius 3 is 2.25 bits per heavy atom. The molecule has 6 rings (SSSR count). The highest BCUT2D eigenvalue weighted by molar-refractivity contribution is 5.82. The topological polar surface area (TPSA) is 91.6 Å². The van der Waals surface area contributed by atoms with E-state index in [4.69, 9.17) is 0 Å². The molecule has 2 heterocycles. The molecule has 1 amide bonds. The summed E-state index contributed by atoms with van der Waals surface area (Å²) in [5.41, 5.74) is 4.06. The number of aryl methyl sites for hydroxylation is 3. The summed E-state index contributed by atoms with van der Waals surface area (Å²) < 4.78 is 58.7. The van der Waals surface area contributed by atoms with Gasteiger partial charge in [0, 0.05) is 18.8 Å². The average Bonchev–Trinajstić information content (AvgIpc) is 3.74. The molecule has 2 atom stereocenters. The Bertz CT molecular complexity index is 1870. The number of piperidine rings is 1. The van der Waals surface area contributed by atoms with E-state index in [1.54, 1.807) is 0 Å². The second kappa shape index (κ2) is 15.2. The number of pyridine rings is 1. The lowest BCUT2D eigenvalue weighted by Gasteiger charge is -2.34. The molecule has 3 aliphatic rings. The van der Waals surface area contributed by atoms with Gasteiger partial charge < -0.3 is 19.9 Å². The third-order valence-corrected chi connectivity index (χ3v) is 11.1. The Labute approximate surface area is 302 Å². The molecule has 11 heteroatoms. The highest BCUT2D eigenvalue weighted by Gasteiger charge is 2.39. The molecule has 0 radical (unpaired) electrons. The van der Waals surface area contributed by atoms with Crippen LogP contribution < -0.4 is 10.9 Å². The van der Waals surface area contributed by atoms with E-state index in [0.717, 1.165) is 63.8 Å². The third-order valence-electron chi connectivity index (χ3n) is 11.1. The van der Waals surface area contributed by atoms with Crippen LogP contribution in [-0.2, 0) is 28.6 Å². The van der Waals surface area contributed by atoms with E-state index in [-0.39, 0.29) is 23.7 Å². The van der Waals surface area contributed by atoms with Gasteiger partial charge in [0.05, 0.1) is 18.0 Å². The van der Waals surface area contributed by atoms with Crippen molar-refractivity contribution >= 4 is 11.9 Å². The first-order valence-electron chi connectivity index (χ1n) is 18.6. The minimum absolute atomic E-state index is 0.0233. The van der Waals surface area contributed by atoms with Crippen LogP contribution in [0.5, 0.6) is 0 Å². The number of fused-ring (bicyclic) bond motifs is 1. The van der Waals surface area contributed by atoms with Gasteiger partial charge in [-0.1, -0.05) is 19.9 Å². The molecule has 2 aromatic carbocycles. The molecule has 280 valence electrons. The lowest BCUT2D eigenvalue weighted by molar-refractivity contribution is -0.139. The third kappa shape index (κ3) is 8.45. The molecule has 0 unspecified atom stereocenters. The first-order chi connectivity index (χ1) is 24.6. The summed E-state index contributed by atoms with van der Waals surface area (Å²) in [5, 5.41) is 12.9. The Kier molecular flexibility index (Phi) is 11.0. The molecular weight excluding hydrogens is 674 g/mol. The molecule has 2 fully saturated rings. The zero-order valence-corrected chi connectivity index (χ0v) is 30.4. The van der Waals surface area contributed by atoms with Gasteiger partial charge in [-0.2, -0.15) is 13.2 Å². The maximum atomic E-state index is 14.4. The van der Waals surface area contributed by atoms with Crippen LogP contribution in [0.2, 0.25) is 0 Å². The minimum atomic E-state index is -4.74. The van der Waals surface area contributed by atoms with Crippen molar-refractivity contribution in [1.82, 2.24) is 14.8 Å². The zero-order chi connectivity index (χ0) is 37.5. The van der Waals surface area contributed by atoms with Crippen LogP contribution in [0.15, 0.2) is 41.3 Å². The van der Waals surface area contributed by atoms with Crippen molar-refractivity contribution in [3.8, 4) is 11.1 Å². The summed E-state index contributed by atoms with van der Waals surface area (Å²) in [6.07, 6.45) is 2.10. The zero-order valence-electron chi connectivity index (χ0n) is 30.4. The van der Waals surface area contributed by atoms with Crippen molar-refractivity contribution in [2.75, 3.05) is 19.6 Å². The molecule has 1 saturated carbocycles. The van der Waals surface area contributed by atoms with Crippen LogP contribution in [0.3, 0.4) is 0 Å². The molecule has 1 aromatic heterocycles. The van der Waals surface area contributed by atoms with E-state index in [0.29, 0.717) is 43.5 Å². The standard InChI is InChI=1S/C41H49F4N3O4/c1-23(2)14-36(48-22-33(34(19-37(48)49)41(43,44)45)27-10-12-47(13-11-27)21-26-8-9-26)40(52)46-35(20-38(50)51)29-17-28-6-5-7-31(28)32(18-29)39-24(3)15-30(42)16-25(39)4/h15-19,22-23,26-27,35-36H,5-14,20-21H2,1-4H3,(H,46,52)(H,50,51)/t35-,36+/m1/s1. The number of benzene rings is 2. The van der Waals surface area contributed by atoms with E-state index in [1.807, 2.05) is 39.8 Å². The second-order valence-corrected chi connectivity index (χ2v) is 15.7. The van der Waals surface area contributed by atoms with E-state index < -0.39 is 53.6 Å². The number of carbonyl (C=O) groups excluding carboxylic acids is 1. The highest BCUT2D eigenvalue weighted by Crippen LogP contribution is 2.41. The summed E-state index contributed by atoms with van der Waals surface area (Å²) in [5.74, 6) is -2.01. The maximum absolute atomic E-state index is 14.4. The van der Waals surface area contributed by atoms with Gasteiger partial charge in [-0.25, -0.2) is 4.39 Å². The fourth-order valence-corrected chi connectivity index (χ4v) is 8.45. The predicted octanol–water partition coefficient (Wildman–Crippen LogP) is 8.29. The van der Waals surface area contributed by atoms with Gasteiger partial charge >= 0.3 is 12.1 Å². The van der Waals surface area contributed by atoms with E-state index >= 15 is 0 Å². The summed E-state index contributed by atoms with van der Waals surface area (Å²) in [7, 11) is 0. The predicted molar refractivity (Wildman–Crippen MR) is 192 cm³/mol. The Hall–Kier alpha value is -3.99. The highest BCUT2D eigenvalue weighted by atomic mass is 19.4. The smallest absolute Gasteiger partial charge is 0.416 e. The number of aliphatic carboxylic acids is 1. The van der Waals surface area contributed by atoms with Crippen LogP contribution in [0, 0.1) is 31.5 Å². The first kappa shape index (κ1) is 37.8. The molecule has 2 aliphatic carbocycles. The molecule has 1 aliphatic heterocycles. The SMILES string of the molecule is Cc1cc(F)cc(C)c1-c1cc([C@@H](CC(=O)O)NC(=O)[C@H](CC(C)C)n2cc(C3CCN(CC4CC4)CC3)c(C(F)(F)F)cc2=O)cc2c1CCC2. The number of rotatable bonds is 12. The van der Waals surface area contributed by atoms with Crippen LogP contribution in [-0.4, -0.2) is 46.1 Å². The van der Waals surface area contributed by atoms with Crippen molar-refractivity contribution in [2.45, 2.75) is 110 Å². The molecule has 1 saturated heterocycles. The molecule has 7 nitrogen and oxygen atoms in total. The molecule has 52 heavy (non-hydrogen) atoms. The van der Waals surface area contributed by atoms with Gasteiger partial charge in [-0.05, 0) is 159 Å². The Morgan fingerprint density at radius 1 is 0.981 bits per heavy atom. The monoisotopic (exact) mass is 723 g/mol. The van der Waals surface area contributed by atoms with Gasteiger partial charge in [0.15, 0.2) is 0 Å². The van der Waals surface area contributed by atoms with Crippen LogP contribution in [0.4, 0.5) is 17.6 Å². The fraction of sp³-hybridized carbons (Fsp3) is 0.537. The molecule has 0 bridgehead atoms. The van der Waals surface area contributed by atoms with Gasteiger partial charge in [-0.15, -0.1) is 0 Å². The number of nitrogens with zero attached hydrogens (tertiary/aromatic N) is 2. The number of amides is 1. The summed E-state index contributed by atoms with van der Waals surface area (Å²) in [6, 6.07) is 5.19. The summed E-state index contributed by atoms with van der Waals surface area (Å²) >= 11 is 0. The molecule has 2 N–H and O–H groups in total. The number of carboxylic acids is 1. The van der Waals surface area contributed by atoms with Gasteiger partial charge in [-0.3, -0.25) is 14.4 Å². The molecule has 3 aromatic rings. The van der Waals surface area contributed by atoms with Crippen LogP contribution >= 0.6 is 0 Å². The Balaban J connectivity index is 1.36. The maximum Gasteiger partial charge on any atom is 0.416 e. The van der Waals surface area contributed by atoms with Gasteiger partial charge in [0.25, 0.3) is 5.56 Å². The number of halogens is 4. The normalized spacial score (nSPS) is 18.0. The molecular formula is C41H49F4N3O4. The Morgan fingerprint density at radius 2 is 1.65 bits per heavy atom. The number of nitrogens with one attached hydrogen (secondary N) is 1. The van der Waals surface area contributed by atoms with E-state index in [9.17, 15) is 37.1 Å². The number of alkyl halides is 3. The summed E-state index contributed by atoms with van der Waals surface area (Å²) in [4.78, 5) is 42.4. The number of carboxylic acid groups (broad SMARTS) is 1. The van der Waals surface area contributed by atoms with Crippen molar-refractivity contribution in [3.05, 3.63) is 91.6 Å². The fourth-order valence-electron chi connectivity index (χ4n) is 8.45. The van der Waals surface area contributed by atoms with E-state index in [2.05, 4.69) is 10.2 Å². The number of hydrogen-bond donors (Lipinski definition) is 2. The van der Waals surface area contributed by atoms with Crippen LogP contribution in [0.25, 0.3) is 11.1 Å². The lowest BCUT2D eigenvalue weighted by Crippen LogP contribution is -2.41. The van der Waals surface area contributed by atoms with Crippen molar-refractivity contribution < 1.29 is 32.3 Å². The van der Waals surface area contributed by atoms with Crippen LogP contribution in [0.1, 0.15) is 116 Å². The number of carbonyl (C=O) groups is 2. The van der Waals surface area contributed by atoms with Crippen molar-refractivity contribution in [1.29, 1.82) is 0 Å². The summed E-state index contributed by atoms with van der Waals surface area (Å²) in [6.45, 7) is 9.69. The van der Waals surface area contributed by atoms with Crippen molar-refractivity contribution in [2.24, 2.45) is 11.8 Å². The van der Waals surface area contributed by atoms with Gasteiger partial charge in [0.1, 0.15) is 11.9 Å². The number of aromatic nitrogens is 1. The lowest BCUT2D eigenvalue weighted by atomic mass is 9.86. The largest absolute Gasteiger partial charge is 0.481 e. The quantitative estimate of drug-likeness (QED) is 0.184. The first-order valence-corrected chi connectivity index (χ1v) is 18.6.